The lowest BCUT2D eigenvalue weighted by Crippen LogP contribution is -2.50. The monoisotopic (exact) mass is 286 g/mol. The minimum atomic E-state index is -1.19. The predicted octanol–water partition coefficient (Wildman–Crippen LogP) is 2.36. The van der Waals surface area contributed by atoms with E-state index in [0.717, 1.165) is 25.8 Å². The van der Waals surface area contributed by atoms with E-state index in [1.807, 2.05) is 0 Å². The van der Waals surface area contributed by atoms with Crippen LogP contribution in [0.4, 0.5) is 13.2 Å². The molecule has 6 heteroatoms. The van der Waals surface area contributed by atoms with Crippen molar-refractivity contribution in [1.29, 1.82) is 0 Å². The van der Waals surface area contributed by atoms with Crippen molar-refractivity contribution in [2.75, 3.05) is 6.54 Å². The van der Waals surface area contributed by atoms with Crippen LogP contribution in [0.25, 0.3) is 0 Å². The van der Waals surface area contributed by atoms with Gasteiger partial charge in [0.15, 0.2) is 0 Å². The predicted molar refractivity (Wildman–Crippen MR) is 68.9 cm³/mol. The third kappa shape index (κ3) is 3.30. The Balaban J connectivity index is 2.08. The van der Waals surface area contributed by atoms with E-state index >= 15 is 0 Å². The summed E-state index contributed by atoms with van der Waals surface area (Å²) >= 11 is 0. The Hall–Kier alpha value is -1.56. The van der Waals surface area contributed by atoms with Gasteiger partial charge in [-0.05, 0) is 26.3 Å². The van der Waals surface area contributed by atoms with Crippen LogP contribution in [0.15, 0.2) is 12.1 Å². The quantitative estimate of drug-likeness (QED) is 0.895. The molecule has 3 nitrogen and oxygen atoms in total. The molecular weight excluding hydrogens is 269 g/mol. The molecule has 2 rings (SSSR count). The minimum absolute atomic E-state index is 0.0827. The van der Waals surface area contributed by atoms with Crippen LogP contribution in [0.5, 0.6) is 0 Å². The molecule has 0 aliphatic carbocycles. The van der Waals surface area contributed by atoms with Gasteiger partial charge in [0.25, 0.3) is 5.91 Å². The van der Waals surface area contributed by atoms with Crippen molar-refractivity contribution in [2.24, 2.45) is 0 Å². The zero-order chi connectivity index (χ0) is 14.7. The van der Waals surface area contributed by atoms with E-state index in [-0.39, 0.29) is 12.1 Å². The molecule has 2 unspecified atom stereocenters. The standard InChI is InChI=1S/C14H17F3N2O/c1-8(12-4-2-3-5-18-12)19-14(20)13-10(16)6-9(15)7-11(13)17/h6-8,12,18H,2-5H2,1H3,(H,19,20). The molecule has 1 aromatic rings. The molecule has 0 aromatic heterocycles. The number of hydrogen-bond acceptors (Lipinski definition) is 2. The first kappa shape index (κ1) is 14.8. The van der Waals surface area contributed by atoms with Crippen molar-refractivity contribution in [3.05, 3.63) is 35.1 Å². The maximum Gasteiger partial charge on any atom is 0.257 e. The Kier molecular flexibility index (Phi) is 4.65. The maximum absolute atomic E-state index is 13.5. The molecule has 2 N–H and O–H groups in total. The van der Waals surface area contributed by atoms with Crippen molar-refractivity contribution < 1.29 is 18.0 Å². The van der Waals surface area contributed by atoms with Crippen LogP contribution in [-0.2, 0) is 0 Å². The number of halogens is 3. The zero-order valence-corrected chi connectivity index (χ0v) is 11.2. The maximum atomic E-state index is 13.5. The van der Waals surface area contributed by atoms with Crippen molar-refractivity contribution in [2.45, 2.75) is 38.3 Å². The number of piperidine rings is 1. The first-order chi connectivity index (χ1) is 9.49. The first-order valence-electron chi connectivity index (χ1n) is 6.68. The summed E-state index contributed by atoms with van der Waals surface area (Å²) in [6.45, 7) is 2.64. The van der Waals surface area contributed by atoms with Gasteiger partial charge in [-0.1, -0.05) is 6.42 Å². The minimum Gasteiger partial charge on any atom is -0.348 e. The molecule has 2 atom stereocenters. The zero-order valence-electron chi connectivity index (χ0n) is 11.2. The van der Waals surface area contributed by atoms with E-state index in [2.05, 4.69) is 10.6 Å². The molecule has 20 heavy (non-hydrogen) atoms. The van der Waals surface area contributed by atoms with E-state index in [9.17, 15) is 18.0 Å². The topological polar surface area (TPSA) is 41.1 Å². The van der Waals surface area contributed by atoms with Gasteiger partial charge in [0.05, 0.1) is 0 Å². The lowest BCUT2D eigenvalue weighted by molar-refractivity contribution is 0.0919. The average molecular weight is 286 g/mol. The summed E-state index contributed by atoms with van der Waals surface area (Å²) in [6.07, 6.45) is 3.03. The second-order valence-corrected chi connectivity index (χ2v) is 5.06. The van der Waals surface area contributed by atoms with Gasteiger partial charge in [0.2, 0.25) is 0 Å². The highest BCUT2D eigenvalue weighted by Gasteiger charge is 2.24. The lowest BCUT2D eigenvalue weighted by atomic mass is 9.99. The summed E-state index contributed by atoms with van der Waals surface area (Å²) in [6, 6.07) is 0.828. The number of benzene rings is 1. The molecule has 0 saturated carbocycles. The molecule has 0 spiro atoms. The summed E-state index contributed by atoms with van der Waals surface area (Å²) in [7, 11) is 0. The third-order valence-corrected chi connectivity index (χ3v) is 3.54. The smallest absolute Gasteiger partial charge is 0.257 e. The van der Waals surface area contributed by atoms with Crippen LogP contribution in [0.3, 0.4) is 0 Å². The van der Waals surface area contributed by atoms with Crippen molar-refractivity contribution >= 4 is 5.91 Å². The van der Waals surface area contributed by atoms with Gasteiger partial charge in [-0.3, -0.25) is 4.79 Å². The largest absolute Gasteiger partial charge is 0.348 e. The van der Waals surface area contributed by atoms with Crippen molar-refractivity contribution in [3.8, 4) is 0 Å². The highest BCUT2D eigenvalue weighted by Crippen LogP contribution is 2.16. The second kappa shape index (κ2) is 6.26. The van der Waals surface area contributed by atoms with E-state index in [0.29, 0.717) is 12.1 Å². The number of amides is 1. The van der Waals surface area contributed by atoms with E-state index in [1.165, 1.54) is 0 Å². The molecule has 0 bridgehead atoms. The molecule has 1 saturated heterocycles. The van der Waals surface area contributed by atoms with Gasteiger partial charge < -0.3 is 10.6 Å². The molecule has 1 aliphatic heterocycles. The molecule has 1 amide bonds. The molecule has 0 radical (unpaired) electrons. The van der Waals surface area contributed by atoms with Gasteiger partial charge >= 0.3 is 0 Å². The Morgan fingerprint density at radius 2 is 1.95 bits per heavy atom. The highest BCUT2D eigenvalue weighted by molar-refractivity contribution is 5.95. The number of carbonyl (C=O) groups excluding carboxylic acids is 1. The molecule has 1 aromatic carbocycles. The lowest BCUT2D eigenvalue weighted by Gasteiger charge is -2.29. The Morgan fingerprint density at radius 1 is 1.30 bits per heavy atom. The van der Waals surface area contributed by atoms with E-state index in [1.54, 1.807) is 6.92 Å². The summed E-state index contributed by atoms with van der Waals surface area (Å²) < 4.78 is 39.8. The Morgan fingerprint density at radius 3 is 2.50 bits per heavy atom. The van der Waals surface area contributed by atoms with Crippen LogP contribution < -0.4 is 10.6 Å². The molecule has 1 heterocycles. The van der Waals surface area contributed by atoms with Crippen LogP contribution in [0, 0.1) is 17.5 Å². The van der Waals surface area contributed by atoms with Gasteiger partial charge in [-0.2, -0.15) is 0 Å². The molecule has 110 valence electrons. The van der Waals surface area contributed by atoms with Gasteiger partial charge in [0.1, 0.15) is 23.0 Å². The molecule has 1 fully saturated rings. The summed E-state index contributed by atoms with van der Waals surface area (Å²) in [5.74, 6) is -4.29. The van der Waals surface area contributed by atoms with Gasteiger partial charge in [0, 0.05) is 24.2 Å². The molecule has 1 aliphatic rings. The summed E-state index contributed by atoms with van der Waals surface area (Å²) in [5.41, 5.74) is -0.742. The van der Waals surface area contributed by atoms with Crippen molar-refractivity contribution in [1.82, 2.24) is 10.6 Å². The molecular formula is C14H17F3N2O. The van der Waals surface area contributed by atoms with Crippen molar-refractivity contribution in [3.63, 3.8) is 0 Å². The third-order valence-electron chi connectivity index (χ3n) is 3.54. The van der Waals surface area contributed by atoms with Crippen LogP contribution >= 0.6 is 0 Å². The fourth-order valence-electron chi connectivity index (χ4n) is 2.44. The fourth-order valence-corrected chi connectivity index (χ4v) is 2.44. The first-order valence-corrected chi connectivity index (χ1v) is 6.68. The van der Waals surface area contributed by atoms with E-state index in [4.69, 9.17) is 0 Å². The second-order valence-electron chi connectivity index (χ2n) is 5.06. The Labute approximate surface area is 115 Å². The summed E-state index contributed by atoms with van der Waals surface area (Å²) in [4.78, 5) is 11.9. The average Bonchev–Trinajstić information content (AvgIpc) is 2.38. The van der Waals surface area contributed by atoms with Crippen LogP contribution in [0.1, 0.15) is 36.5 Å². The van der Waals surface area contributed by atoms with Crippen LogP contribution in [-0.4, -0.2) is 24.5 Å². The number of rotatable bonds is 3. The number of carbonyl (C=O) groups is 1. The SMILES string of the molecule is CC(NC(=O)c1c(F)cc(F)cc1F)C1CCCCN1. The fraction of sp³-hybridized carbons (Fsp3) is 0.500. The van der Waals surface area contributed by atoms with Crippen LogP contribution in [0.2, 0.25) is 0 Å². The Bertz CT molecular complexity index is 478. The van der Waals surface area contributed by atoms with E-state index < -0.39 is 28.9 Å². The van der Waals surface area contributed by atoms with Gasteiger partial charge in [-0.25, -0.2) is 13.2 Å². The normalized spacial score (nSPS) is 20.5. The summed E-state index contributed by atoms with van der Waals surface area (Å²) in [5, 5.41) is 5.81. The number of nitrogens with one attached hydrogen (secondary N) is 2. The highest BCUT2D eigenvalue weighted by atomic mass is 19.1. The van der Waals surface area contributed by atoms with Gasteiger partial charge in [-0.15, -0.1) is 0 Å². The number of hydrogen-bond donors (Lipinski definition) is 2.